The largest absolute Gasteiger partial charge is 0.493 e. The molecule has 0 saturated heterocycles. The van der Waals surface area contributed by atoms with E-state index in [-0.39, 0.29) is 5.91 Å². The van der Waals surface area contributed by atoms with Gasteiger partial charge in [0.05, 0.1) is 18.1 Å². The Hall–Kier alpha value is -4.65. The van der Waals surface area contributed by atoms with E-state index in [9.17, 15) is 4.79 Å². The smallest absolute Gasteiger partial charge is 0.251 e. The molecule has 7 heteroatoms. The van der Waals surface area contributed by atoms with Crippen LogP contribution < -0.4 is 14.8 Å². The standard InChI is InChI=1S/C28H24N4O3/c1-34-26-15-22(12-13-25(26)35-18-20-7-3-2-4-8-20)28(33)30-17-21-11-14-27(29-16-21)32-19-31-23-9-5-6-10-24(23)32/h2-16,19H,17-18H2,1H3,(H,30,33). The van der Waals surface area contributed by atoms with Crippen molar-refractivity contribution >= 4 is 16.9 Å². The lowest BCUT2D eigenvalue weighted by Gasteiger charge is -2.12. The van der Waals surface area contributed by atoms with Gasteiger partial charge in [0.25, 0.3) is 5.91 Å². The number of carbonyl (C=O) groups is 1. The molecule has 1 amide bonds. The molecule has 0 aliphatic carbocycles. The molecule has 3 aromatic carbocycles. The summed E-state index contributed by atoms with van der Waals surface area (Å²) in [5, 5.41) is 2.93. The number of aromatic nitrogens is 3. The van der Waals surface area contributed by atoms with E-state index < -0.39 is 0 Å². The summed E-state index contributed by atoms with van der Waals surface area (Å²) in [5.41, 5.74) is 4.34. The molecule has 0 saturated carbocycles. The maximum Gasteiger partial charge on any atom is 0.251 e. The summed E-state index contributed by atoms with van der Waals surface area (Å²) < 4.78 is 13.3. The fourth-order valence-electron chi connectivity index (χ4n) is 3.75. The van der Waals surface area contributed by atoms with Gasteiger partial charge >= 0.3 is 0 Å². The number of ether oxygens (including phenoxy) is 2. The van der Waals surface area contributed by atoms with Crippen molar-refractivity contribution in [1.29, 1.82) is 0 Å². The van der Waals surface area contributed by atoms with Crippen molar-refractivity contribution in [1.82, 2.24) is 19.9 Å². The Morgan fingerprint density at radius 3 is 2.51 bits per heavy atom. The Balaban J connectivity index is 1.22. The predicted octanol–water partition coefficient (Wildman–Crippen LogP) is 4.94. The molecule has 0 bridgehead atoms. The number of hydrogen-bond acceptors (Lipinski definition) is 5. The molecule has 35 heavy (non-hydrogen) atoms. The number of rotatable bonds is 8. The summed E-state index contributed by atoms with van der Waals surface area (Å²) in [4.78, 5) is 21.7. The van der Waals surface area contributed by atoms with Crippen LogP contribution in [0.1, 0.15) is 21.5 Å². The number of amides is 1. The van der Waals surface area contributed by atoms with Crippen molar-refractivity contribution in [3.63, 3.8) is 0 Å². The van der Waals surface area contributed by atoms with E-state index in [1.165, 1.54) is 0 Å². The highest BCUT2D eigenvalue weighted by molar-refractivity contribution is 5.94. The van der Waals surface area contributed by atoms with Crippen LogP contribution in [0, 0.1) is 0 Å². The first-order valence-electron chi connectivity index (χ1n) is 11.2. The van der Waals surface area contributed by atoms with Crippen LogP contribution in [0.25, 0.3) is 16.9 Å². The normalized spacial score (nSPS) is 10.8. The Morgan fingerprint density at radius 1 is 0.886 bits per heavy atom. The average molecular weight is 465 g/mol. The molecular weight excluding hydrogens is 440 g/mol. The number of hydrogen-bond donors (Lipinski definition) is 1. The van der Waals surface area contributed by atoms with E-state index >= 15 is 0 Å². The van der Waals surface area contributed by atoms with Crippen LogP contribution in [-0.4, -0.2) is 27.6 Å². The van der Waals surface area contributed by atoms with Gasteiger partial charge in [-0.3, -0.25) is 9.36 Å². The number of benzene rings is 3. The molecule has 0 fully saturated rings. The average Bonchev–Trinajstić information content (AvgIpc) is 3.35. The number of para-hydroxylation sites is 2. The fourth-order valence-corrected chi connectivity index (χ4v) is 3.75. The van der Waals surface area contributed by atoms with Gasteiger partial charge in [0, 0.05) is 18.3 Å². The van der Waals surface area contributed by atoms with Crippen LogP contribution in [-0.2, 0) is 13.2 Å². The number of methoxy groups -OCH3 is 1. The maximum absolute atomic E-state index is 12.7. The highest BCUT2D eigenvalue weighted by Crippen LogP contribution is 2.29. The lowest BCUT2D eigenvalue weighted by Crippen LogP contribution is -2.23. The molecule has 5 aromatic rings. The van der Waals surface area contributed by atoms with Crippen molar-refractivity contribution in [2.75, 3.05) is 7.11 Å². The Kier molecular flexibility index (Phi) is 6.39. The molecule has 7 nitrogen and oxygen atoms in total. The van der Waals surface area contributed by atoms with Crippen LogP contribution in [0.2, 0.25) is 0 Å². The van der Waals surface area contributed by atoms with Gasteiger partial charge in [-0.15, -0.1) is 0 Å². The zero-order chi connectivity index (χ0) is 24.0. The molecule has 0 aliphatic heterocycles. The molecule has 2 heterocycles. The van der Waals surface area contributed by atoms with E-state index in [2.05, 4.69) is 15.3 Å². The number of pyridine rings is 1. The van der Waals surface area contributed by atoms with Gasteiger partial charge in [0.1, 0.15) is 18.8 Å². The number of nitrogens with one attached hydrogen (secondary N) is 1. The van der Waals surface area contributed by atoms with Gasteiger partial charge in [-0.25, -0.2) is 9.97 Å². The second-order valence-electron chi connectivity index (χ2n) is 7.95. The SMILES string of the molecule is COc1cc(C(=O)NCc2ccc(-n3cnc4ccccc43)nc2)ccc1OCc1ccccc1. The molecule has 0 spiro atoms. The second-order valence-corrected chi connectivity index (χ2v) is 7.95. The highest BCUT2D eigenvalue weighted by Gasteiger charge is 2.12. The molecule has 0 aliphatic rings. The maximum atomic E-state index is 12.7. The summed E-state index contributed by atoms with van der Waals surface area (Å²) in [6.45, 7) is 0.770. The number of carbonyl (C=O) groups excluding carboxylic acids is 1. The van der Waals surface area contributed by atoms with E-state index in [1.54, 1.807) is 37.8 Å². The summed E-state index contributed by atoms with van der Waals surface area (Å²) in [6.07, 6.45) is 3.51. The van der Waals surface area contributed by atoms with E-state index in [0.29, 0.717) is 30.2 Å². The van der Waals surface area contributed by atoms with Crippen molar-refractivity contribution in [3.05, 3.63) is 114 Å². The third-order valence-electron chi connectivity index (χ3n) is 5.63. The molecule has 1 N–H and O–H groups in total. The van der Waals surface area contributed by atoms with Gasteiger partial charge in [0.2, 0.25) is 0 Å². The first kappa shape index (κ1) is 22.2. The molecular formula is C28H24N4O3. The van der Waals surface area contributed by atoms with Crippen LogP contribution in [0.4, 0.5) is 0 Å². The minimum atomic E-state index is -0.206. The van der Waals surface area contributed by atoms with Crippen molar-refractivity contribution < 1.29 is 14.3 Å². The first-order valence-corrected chi connectivity index (χ1v) is 11.2. The Morgan fingerprint density at radius 2 is 1.71 bits per heavy atom. The van der Waals surface area contributed by atoms with Crippen molar-refractivity contribution in [3.8, 4) is 17.3 Å². The minimum absolute atomic E-state index is 0.206. The third kappa shape index (κ3) is 4.99. The molecule has 5 rings (SSSR count). The van der Waals surface area contributed by atoms with Gasteiger partial charge in [-0.05, 0) is 47.5 Å². The fraction of sp³-hybridized carbons (Fsp3) is 0.107. The van der Waals surface area contributed by atoms with E-state index in [0.717, 1.165) is 28.0 Å². The van der Waals surface area contributed by atoms with Gasteiger partial charge in [-0.2, -0.15) is 0 Å². The molecule has 0 radical (unpaired) electrons. The minimum Gasteiger partial charge on any atom is -0.493 e. The summed E-state index contributed by atoms with van der Waals surface area (Å²) in [6, 6.07) is 26.8. The topological polar surface area (TPSA) is 78.3 Å². The molecule has 0 atom stereocenters. The highest BCUT2D eigenvalue weighted by atomic mass is 16.5. The third-order valence-corrected chi connectivity index (χ3v) is 5.63. The van der Waals surface area contributed by atoms with Crippen molar-refractivity contribution in [2.45, 2.75) is 13.2 Å². The van der Waals surface area contributed by atoms with Crippen LogP contribution >= 0.6 is 0 Å². The summed E-state index contributed by atoms with van der Waals surface area (Å²) in [5.74, 6) is 1.65. The predicted molar refractivity (Wildman–Crippen MR) is 134 cm³/mol. The zero-order valence-corrected chi connectivity index (χ0v) is 19.2. The van der Waals surface area contributed by atoms with E-state index in [4.69, 9.17) is 9.47 Å². The Bertz CT molecular complexity index is 1450. The monoisotopic (exact) mass is 464 g/mol. The van der Waals surface area contributed by atoms with Crippen LogP contribution in [0.3, 0.4) is 0 Å². The van der Waals surface area contributed by atoms with Crippen LogP contribution in [0.5, 0.6) is 11.5 Å². The second kappa shape index (κ2) is 10.1. The zero-order valence-electron chi connectivity index (χ0n) is 19.2. The summed E-state index contributed by atoms with van der Waals surface area (Å²) >= 11 is 0. The quantitative estimate of drug-likeness (QED) is 0.352. The lowest BCUT2D eigenvalue weighted by atomic mass is 10.1. The number of fused-ring (bicyclic) bond motifs is 1. The van der Waals surface area contributed by atoms with Crippen LogP contribution in [0.15, 0.2) is 97.5 Å². The number of nitrogens with zero attached hydrogens (tertiary/aromatic N) is 3. The number of imidazole rings is 1. The first-order chi connectivity index (χ1) is 17.2. The van der Waals surface area contributed by atoms with Crippen molar-refractivity contribution in [2.24, 2.45) is 0 Å². The van der Waals surface area contributed by atoms with Gasteiger partial charge in [-0.1, -0.05) is 48.5 Å². The van der Waals surface area contributed by atoms with Gasteiger partial charge < -0.3 is 14.8 Å². The van der Waals surface area contributed by atoms with Gasteiger partial charge in [0.15, 0.2) is 11.5 Å². The van der Waals surface area contributed by atoms with E-state index in [1.807, 2.05) is 71.3 Å². The molecule has 2 aromatic heterocycles. The molecule has 174 valence electrons. The lowest BCUT2D eigenvalue weighted by molar-refractivity contribution is 0.0950. The summed E-state index contributed by atoms with van der Waals surface area (Å²) in [7, 11) is 1.56. The molecule has 0 unspecified atom stereocenters. The Labute approximate surface area is 203 Å².